The molecule has 0 spiro atoms. The summed E-state index contributed by atoms with van der Waals surface area (Å²) < 4.78 is 0. The highest BCUT2D eigenvalue weighted by molar-refractivity contribution is 7.15. The van der Waals surface area contributed by atoms with Crippen molar-refractivity contribution in [3.8, 4) is 0 Å². The molecule has 4 heterocycles. The lowest BCUT2D eigenvalue weighted by molar-refractivity contribution is 0.198. The Labute approximate surface area is 170 Å². The maximum atomic E-state index is 4.96. The molecule has 1 aromatic carbocycles. The lowest BCUT2D eigenvalue weighted by Crippen LogP contribution is -2.47. The first kappa shape index (κ1) is 18.1. The Bertz CT molecular complexity index is 883. The third kappa shape index (κ3) is 3.43. The molecule has 2 aromatic rings. The van der Waals surface area contributed by atoms with Crippen molar-refractivity contribution < 1.29 is 0 Å². The molecule has 0 amide bonds. The van der Waals surface area contributed by atoms with E-state index in [1.807, 2.05) is 17.6 Å². The number of hydrogen-bond acceptors (Lipinski definition) is 7. The van der Waals surface area contributed by atoms with Crippen LogP contribution in [0, 0.1) is 0 Å². The average molecular weight is 397 g/mol. The lowest BCUT2D eigenvalue weighted by Gasteiger charge is -2.38. The summed E-state index contributed by atoms with van der Waals surface area (Å²) in [5, 5.41) is 4.60. The van der Waals surface area contributed by atoms with Crippen LogP contribution in [0.2, 0.25) is 0 Å². The Morgan fingerprint density at radius 1 is 1.14 bits per heavy atom. The van der Waals surface area contributed by atoms with E-state index < -0.39 is 0 Å². The van der Waals surface area contributed by atoms with Gasteiger partial charge in [-0.05, 0) is 31.7 Å². The van der Waals surface area contributed by atoms with Crippen LogP contribution < -0.4 is 10.2 Å². The number of piperazine rings is 1. The van der Waals surface area contributed by atoms with Gasteiger partial charge in [-0.1, -0.05) is 6.07 Å². The Kier molecular flexibility index (Phi) is 4.82. The van der Waals surface area contributed by atoms with Crippen molar-refractivity contribution >= 4 is 34.1 Å². The number of likely N-dealkylation sites (N-methyl/N-ethyl adjacent to an activating group) is 1. The predicted octanol–water partition coefficient (Wildman–Crippen LogP) is 3.14. The number of anilines is 2. The van der Waals surface area contributed by atoms with Gasteiger partial charge in [0.05, 0.1) is 23.6 Å². The van der Waals surface area contributed by atoms with E-state index in [1.165, 1.54) is 21.3 Å². The normalized spacial score (nSPS) is 21.1. The summed E-state index contributed by atoms with van der Waals surface area (Å²) >= 11 is 1.90. The third-order valence-corrected chi connectivity index (χ3v) is 7.30. The molecule has 0 aliphatic carbocycles. The fourth-order valence-corrected chi connectivity index (χ4v) is 5.56. The van der Waals surface area contributed by atoms with Gasteiger partial charge in [0.2, 0.25) is 0 Å². The van der Waals surface area contributed by atoms with Gasteiger partial charge < -0.3 is 15.1 Å². The topological polar surface area (TPSA) is 47.0 Å². The molecule has 3 aliphatic heterocycles. The fraction of sp³-hybridized carbons (Fsp3) is 0.524. The minimum Gasteiger partial charge on any atom is -0.378 e. The Morgan fingerprint density at radius 3 is 2.86 bits per heavy atom. The summed E-state index contributed by atoms with van der Waals surface area (Å²) in [6, 6.07) is 7.06. The first-order valence-corrected chi connectivity index (χ1v) is 11.1. The maximum absolute atomic E-state index is 4.96. The molecule has 1 atom stereocenters. The van der Waals surface area contributed by atoms with Crippen LogP contribution >= 0.6 is 11.3 Å². The Hall–Kier alpha value is -1.96. The van der Waals surface area contributed by atoms with Crippen LogP contribution in [0.15, 0.2) is 23.2 Å². The van der Waals surface area contributed by atoms with E-state index in [0.29, 0.717) is 6.04 Å². The zero-order valence-electron chi connectivity index (χ0n) is 16.7. The summed E-state index contributed by atoms with van der Waals surface area (Å²) in [6.45, 7) is 9.57. The van der Waals surface area contributed by atoms with Gasteiger partial charge in [-0.15, -0.1) is 11.3 Å². The zero-order valence-corrected chi connectivity index (χ0v) is 17.5. The molecular weight excluding hydrogens is 368 g/mol. The van der Waals surface area contributed by atoms with Gasteiger partial charge in [0.25, 0.3) is 0 Å². The van der Waals surface area contributed by atoms with Crippen molar-refractivity contribution in [1.29, 1.82) is 0 Å². The molecule has 5 rings (SSSR count). The summed E-state index contributed by atoms with van der Waals surface area (Å²) in [6.07, 6.45) is 3.04. The average Bonchev–Trinajstić information content (AvgIpc) is 3.16. The first-order chi connectivity index (χ1) is 13.7. The SMILES string of the molecule is CC(c1ccc2c(c1)N=CCN2)N1CCN(c2nc3c(s2)CN(C)CC3)CC1. The van der Waals surface area contributed by atoms with Crippen LogP contribution in [0.3, 0.4) is 0 Å². The second kappa shape index (κ2) is 7.46. The number of aliphatic imine (C=N–C) groups is 1. The number of rotatable bonds is 3. The van der Waals surface area contributed by atoms with Crippen LogP contribution in [0.1, 0.15) is 29.1 Å². The molecule has 3 aliphatic rings. The molecule has 1 unspecified atom stereocenters. The molecule has 7 heteroatoms. The van der Waals surface area contributed by atoms with Crippen LogP contribution in [-0.4, -0.2) is 67.3 Å². The molecule has 148 valence electrons. The van der Waals surface area contributed by atoms with E-state index >= 15 is 0 Å². The fourth-order valence-electron chi connectivity index (χ4n) is 4.32. The van der Waals surface area contributed by atoms with Crippen LogP contribution in [-0.2, 0) is 13.0 Å². The van der Waals surface area contributed by atoms with E-state index in [-0.39, 0.29) is 0 Å². The Balaban J connectivity index is 1.24. The monoisotopic (exact) mass is 396 g/mol. The smallest absolute Gasteiger partial charge is 0.185 e. The summed E-state index contributed by atoms with van der Waals surface area (Å²) in [5.41, 5.74) is 4.88. The quantitative estimate of drug-likeness (QED) is 0.864. The number of hydrogen-bond donors (Lipinski definition) is 1. The molecule has 1 N–H and O–H groups in total. The number of thiazole rings is 1. The van der Waals surface area contributed by atoms with Crippen molar-refractivity contribution in [3.05, 3.63) is 34.3 Å². The summed E-state index contributed by atoms with van der Waals surface area (Å²) in [7, 11) is 2.20. The highest BCUT2D eigenvalue weighted by Gasteiger charge is 2.26. The molecule has 1 aromatic heterocycles. The minimum absolute atomic E-state index is 0.405. The minimum atomic E-state index is 0.405. The molecule has 0 bridgehead atoms. The highest BCUT2D eigenvalue weighted by atomic mass is 32.1. The summed E-state index contributed by atoms with van der Waals surface area (Å²) in [4.78, 5) is 18.4. The molecule has 28 heavy (non-hydrogen) atoms. The number of fused-ring (bicyclic) bond motifs is 2. The standard InChI is InChI=1S/C21H28N6S/c1-15(16-3-4-17-19(13-16)23-7-6-22-17)26-9-11-27(12-10-26)21-24-18-5-8-25(2)14-20(18)28-21/h3-4,7,13,15,22H,5-6,8-12,14H2,1-2H3. The number of benzene rings is 1. The maximum Gasteiger partial charge on any atom is 0.185 e. The summed E-state index contributed by atoms with van der Waals surface area (Å²) in [5.74, 6) is 0. The highest BCUT2D eigenvalue weighted by Crippen LogP contribution is 2.34. The van der Waals surface area contributed by atoms with Crippen molar-refractivity contribution in [1.82, 2.24) is 14.8 Å². The first-order valence-electron chi connectivity index (χ1n) is 10.2. The second-order valence-electron chi connectivity index (χ2n) is 8.02. The van der Waals surface area contributed by atoms with Crippen molar-refractivity contribution in [2.24, 2.45) is 4.99 Å². The molecule has 1 fully saturated rings. The number of aromatic nitrogens is 1. The van der Waals surface area contributed by atoms with E-state index in [2.05, 4.69) is 57.2 Å². The van der Waals surface area contributed by atoms with E-state index in [0.717, 1.165) is 63.6 Å². The van der Waals surface area contributed by atoms with Crippen LogP contribution in [0.5, 0.6) is 0 Å². The molecule has 6 nitrogen and oxygen atoms in total. The van der Waals surface area contributed by atoms with Crippen molar-refractivity contribution in [2.45, 2.75) is 25.9 Å². The van der Waals surface area contributed by atoms with Crippen molar-refractivity contribution in [2.75, 3.05) is 56.5 Å². The number of nitrogens with zero attached hydrogens (tertiary/aromatic N) is 5. The van der Waals surface area contributed by atoms with E-state index in [9.17, 15) is 0 Å². The molecular formula is C21H28N6S. The van der Waals surface area contributed by atoms with Crippen LogP contribution in [0.4, 0.5) is 16.5 Å². The van der Waals surface area contributed by atoms with Gasteiger partial charge in [-0.2, -0.15) is 0 Å². The van der Waals surface area contributed by atoms with Gasteiger partial charge in [0.15, 0.2) is 5.13 Å². The van der Waals surface area contributed by atoms with Gasteiger partial charge in [-0.3, -0.25) is 9.89 Å². The van der Waals surface area contributed by atoms with Gasteiger partial charge in [0.1, 0.15) is 0 Å². The second-order valence-corrected chi connectivity index (χ2v) is 9.08. The third-order valence-electron chi connectivity index (χ3n) is 6.16. The zero-order chi connectivity index (χ0) is 19.1. The van der Waals surface area contributed by atoms with Crippen molar-refractivity contribution in [3.63, 3.8) is 0 Å². The van der Waals surface area contributed by atoms with Gasteiger partial charge in [-0.25, -0.2) is 4.98 Å². The largest absolute Gasteiger partial charge is 0.378 e. The lowest BCUT2D eigenvalue weighted by atomic mass is 10.0. The van der Waals surface area contributed by atoms with E-state index in [1.54, 1.807) is 0 Å². The van der Waals surface area contributed by atoms with Gasteiger partial charge in [0, 0.05) is 62.8 Å². The van der Waals surface area contributed by atoms with Gasteiger partial charge >= 0.3 is 0 Å². The van der Waals surface area contributed by atoms with E-state index in [4.69, 9.17) is 4.98 Å². The predicted molar refractivity (Wildman–Crippen MR) is 117 cm³/mol. The molecule has 0 saturated carbocycles. The molecule has 1 saturated heterocycles. The van der Waals surface area contributed by atoms with Crippen LogP contribution in [0.25, 0.3) is 0 Å². The molecule has 0 radical (unpaired) electrons. The Morgan fingerprint density at radius 2 is 2.00 bits per heavy atom. The number of nitrogens with one attached hydrogen (secondary N) is 1.